The minimum Gasteiger partial charge on any atom is -0.462 e. The highest BCUT2D eigenvalue weighted by molar-refractivity contribution is 6.34. The minimum absolute atomic E-state index is 0.0683. The van der Waals surface area contributed by atoms with E-state index in [4.69, 9.17) is 21.1 Å². The maximum absolute atomic E-state index is 12.0. The number of benzene rings is 1. The monoisotopic (exact) mass is 284 g/mol. The van der Waals surface area contributed by atoms with Gasteiger partial charge in [0.15, 0.2) is 0 Å². The summed E-state index contributed by atoms with van der Waals surface area (Å²) in [4.78, 5) is 23.7. The van der Waals surface area contributed by atoms with Crippen molar-refractivity contribution in [2.24, 2.45) is 0 Å². The Balaban J connectivity index is 2.97. The van der Waals surface area contributed by atoms with Crippen LogP contribution in [0.1, 0.15) is 47.4 Å². The van der Waals surface area contributed by atoms with Crippen molar-refractivity contribution in [2.45, 2.75) is 26.7 Å². The number of carbonyl (C=O) groups excluding carboxylic acids is 2. The summed E-state index contributed by atoms with van der Waals surface area (Å²) in [7, 11) is 0. The van der Waals surface area contributed by atoms with E-state index in [9.17, 15) is 9.59 Å². The molecule has 0 spiro atoms. The van der Waals surface area contributed by atoms with Gasteiger partial charge in [0.05, 0.1) is 29.4 Å². The van der Waals surface area contributed by atoms with E-state index in [-0.39, 0.29) is 22.8 Å². The summed E-state index contributed by atoms with van der Waals surface area (Å²) in [5.41, 5.74) is 0.203. The Morgan fingerprint density at radius 3 is 2.53 bits per heavy atom. The number of ether oxygens (including phenoxy) is 2. The first-order valence-electron chi connectivity index (χ1n) is 6.24. The van der Waals surface area contributed by atoms with Crippen LogP contribution >= 0.6 is 11.6 Å². The Morgan fingerprint density at radius 1 is 1.16 bits per heavy atom. The number of unbranched alkanes of at least 4 members (excludes halogenated alkanes) is 1. The zero-order valence-electron chi connectivity index (χ0n) is 11.1. The molecule has 0 aliphatic heterocycles. The number of carbonyl (C=O) groups is 2. The molecule has 0 saturated heterocycles. The molecule has 0 heterocycles. The highest BCUT2D eigenvalue weighted by Gasteiger charge is 2.22. The van der Waals surface area contributed by atoms with Gasteiger partial charge in [-0.2, -0.15) is 0 Å². The Morgan fingerprint density at radius 2 is 1.89 bits per heavy atom. The molecule has 1 rings (SSSR count). The molecule has 0 amide bonds. The van der Waals surface area contributed by atoms with Gasteiger partial charge in [-0.25, -0.2) is 9.59 Å². The van der Waals surface area contributed by atoms with Crippen molar-refractivity contribution in [1.29, 1.82) is 0 Å². The molecule has 1 aromatic carbocycles. The van der Waals surface area contributed by atoms with Crippen LogP contribution in [0.4, 0.5) is 0 Å². The molecule has 0 radical (unpaired) electrons. The largest absolute Gasteiger partial charge is 0.462 e. The van der Waals surface area contributed by atoms with Crippen LogP contribution in [0.5, 0.6) is 0 Å². The van der Waals surface area contributed by atoms with Crippen LogP contribution < -0.4 is 0 Å². The first-order chi connectivity index (χ1) is 9.11. The number of halogens is 1. The number of esters is 2. The highest BCUT2D eigenvalue weighted by Crippen LogP contribution is 2.22. The van der Waals surface area contributed by atoms with Gasteiger partial charge in [0.2, 0.25) is 0 Å². The van der Waals surface area contributed by atoms with Crippen LogP contribution in [0.2, 0.25) is 5.02 Å². The lowest BCUT2D eigenvalue weighted by atomic mass is 10.1. The van der Waals surface area contributed by atoms with Gasteiger partial charge >= 0.3 is 11.9 Å². The molecule has 0 aliphatic rings. The van der Waals surface area contributed by atoms with Crippen molar-refractivity contribution >= 4 is 23.5 Å². The van der Waals surface area contributed by atoms with Gasteiger partial charge in [-0.15, -0.1) is 0 Å². The summed E-state index contributed by atoms with van der Waals surface area (Å²) in [5, 5.41) is 0.187. The van der Waals surface area contributed by atoms with Gasteiger partial charge in [-0.3, -0.25) is 0 Å². The second-order valence-electron chi connectivity index (χ2n) is 3.87. The van der Waals surface area contributed by atoms with E-state index in [1.54, 1.807) is 19.1 Å². The Bertz CT molecular complexity index is 457. The molecule has 0 aromatic heterocycles. The third kappa shape index (κ3) is 4.24. The smallest absolute Gasteiger partial charge is 0.340 e. The predicted molar refractivity (Wildman–Crippen MR) is 72.6 cm³/mol. The molecule has 0 N–H and O–H groups in total. The van der Waals surface area contributed by atoms with Crippen LogP contribution in [0.15, 0.2) is 18.2 Å². The molecule has 4 nitrogen and oxygen atoms in total. The maximum Gasteiger partial charge on any atom is 0.340 e. The molecule has 0 atom stereocenters. The summed E-state index contributed by atoms with van der Waals surface area (Å²) in [6.45, 7) is 4.23. The van der Waals surface area contributed by atoms with Gasteiger partial charge in [0, 0.05) is 0 Å². The second kappa shape index (κ2) is 7.79. The molecule has 1 aromatic rings. The molecule has 0 bridgehead atoms. The fraction of sp³-hybridized carbons (Fsp3) is 0.429. The average Bonchev–Trinajstić information content (AvgIpc) is 2.38. The van der Waals surface area contributed by atoms with E-state index in [1.165, 1.54) is 6.07 Å². The zero-order chi connectivity index (χ0) is 14.3. The lowest BCUT2D eigenvalue weighted by Gasteiger charge is -2.10. The standard InChI is InChI=1S/C14H17ClO4/c1-3-5-9-19-14(17)12-10(13(16)18-4-2)7-6-8-11(12)15/h6-8H,3-5,9H2,1-2H3. The summed E-state index contributed by atoms with van der Waals surface area (Å²) in [6.07, 6.45) is 1.69. The topological polar surface area (TPSA) is 52.6 Å². The highest BCUT2D eigenvalue weighted by atomic mass is 35.5. The molecular formula is C14H17ClO4. The summed E-state index contributed by atoms with van der Waals surface area (Å²) < 4.78 is 9.98. The van der Waals surface area contributed by atoms with Crippen LogP contribution in [0.3, 0.4) is 0 Å². The zero-order valence-corrected chi connectivity index (χ0v) is 11.8. The Labute approximate surface area is 117 Å². The average molecular weight is 285 g/mol. The Kier molecular flexibility index (Phi) is 6.36. The quantitative estimate of drug-likeness (QED) is 0.593. The number of hydrogen-bond donors (Lipinski definition) is 0. The summed E-state index contributed by atoms with van der Waals surface area (Å²) in [6, 6.07) is 4.64. The second-order valence-corrected chi connectivity index (χ2v) is 4.28. The van der Waals surface area contributed by atoms with E-state index < -0.39 is 11.9 Å². The van der Waals surface area contributed by atoms with Gasteiger partial charge < -0.3 is 9.47 Å². The molecule has 5 heteroatoms. The van der Waals surface area contributed by atoms with E-state index >= 15 is 0 Å². The van der Waals surface area contributed by atoms with Crippen molar-refractivity contribution in [3.63, 3.8) is 0 Å². The van der Waals surface area contributed by atoms with E-state index in [2.05, 4.69) is 0 Å². The van der Waals surface area contributed by atoms with E-state index in [0.717, 1.165) is 12.8 Å². The maximum atomic E-state index is 12.0. The van der Waals surface area contributed by atoms with Crippen molar-refractivity contribution < 1.29 is 19.1 Å². The van der Waals surface area contributed by atoms with Crippen molar-refractivity contribution in [3.05, 3.63) is 34.3 Å². The molecule has 0 aliphatic carbocycles. The van der Waals surface area contributed by atoms with Gasteiger partial charge in [-0.1, -0.05) is 31.0 Å². The molecule has 0 fully saturated rings. The molecule has 19 heavy (non-hydrogen) atoms. The molecule has 0 unspecified atom stereocenters. The lowest BCUT2D eigenvalue weighted by molar-refractivity contribution is 0.0464. The fourth-order valence-corrected chi connectivity index (χ4v) is 1.74. The van der Waals surface area contributed by atoms with E-state index in [1.807, 2.05) is 6.92 Å². The fourth-order valence-electron chi connectivity index (χ4n) is 1.49. The predicted octanol–water partition coefficient (Wildman–Crippen LogP) is 3.47. The number of rotatable bonds is 6. The molecule has 104 valence electrons. The normalized spacial score (nSPS) is 10.1. The Hall–Kier alpha value is -1.55. The van der Waals surface area contributed by atoms with Crippen molar-refractivity contribution in [3.8, 4) is 0 Å². The molecule has 0 saturated carbocycles. The van der Waals surface area contributed by atoms with Crippen molar-refractivity contribution in [2.75, 3.05) is 13.2 Å². The summed E-state index contributed by atoms with van der Waals surface area (Å²) >= 11 is 5.97. The lowest BCUT2D eigenvalue weighted by Crippen LogP contribution is -2.15. The van der Waals surface area contributed by atoms with Gasteiger partial charge in [0.1, 0.15) is 0 Å². The van der Waals surface area contributed by atoms with Crippen LogP contribution in [0, 0.1) is 0 Å². The SMILES string of the molecule is CCCCOC(=O)c1c(Cl)cccc1C(=O)OCC. The van der Waals surface area contributed by atoms with Gasteiger partial charge in [-0.05, 0) is 25.5 Å². The first-order valence-corrected chi connectivity index (χ1v) is 6.62. The third-order valence-electron chi connectivity index (χ3n) is 2.44. The van der Waals surface area contributed by atoms with E-state index in [0.29, 0.717) is 6.61 Å². The van der Waals surface area contributed by atoms with Crippen LogP contribution in [0.25, 0.3) is 0 Å². The molecular weight excluding hydrogens is 268 g/mol. The number of hydrogen-bond acceptors (Lipinski definition) is 4. The third-order valence-corrected chi connectivity index (χ3v) is 2.76. The van der Waals surface area contributed by atoms with Crippen molar-refractivity contribution in [1.82, 2.24) is 0 Å². The summed E-state index contributed by atoms with van der Waals surface area (Å²) in [5.74, 6) is -1.17. The minimum atomic E-state index is -0.595. The van der Waals surface area contributed by atoms with Gasteiger partial charge in [0.25, 0.3) is 0 Å². The van der Waals surface area contributed by atoms with Crippen LogP contribution in [-0.2, 0) is 9.47 Å². The first kappa shape index (κ1) is 15.5. The van der Waals surface area contributed by atoms with Crippen LogP contribution in [-0.4, -0.2) is 25.2 Å².